The zero-order valence-electron chi connectivity index (χ0n) is 15.5. The molecule has 0 unspecified atom stereocenters. The van der Waals surface area contributed by atoms with Gasteiger partial charge in [0.2, 0.25) is 0 Å². The zero-order valence-corrected chi connectivity index (χ0v) is 15.5. The van der Waals surface area contributed by atoms with Crippen LogP contribution in [0.3, 0.4) is 0 Å². The molecule has 0 bridgehead atoms. The van der Waals surface area contributed by atoms with Crippen LogP contribution in [0.25, 0.3) is 0 Å². The van der Waals surface area contributed by atoms with Crippen molar-refractivity contribution in [1.29, 1.82) is 0 Å². The Morgan fingerprint density at radius 1 is 0.897 bits per heavy atom. The minimum Gasteiger partial charge on any atom is -0.454 e. The van der Waals surface area contributed by atoms with E-state index in [4.69, 9.17) is 4.74 Å². The molecule has 3 aromatic carbocycles. The largest absolute Gasteiger partial charge is 0.454 e. The summed E-state index contributed by atoms with van der Waals surface area (Å²) in [7, 11) is 0. The molecule has 0 aliphatic carbocycles. The third kappa shape index (κ3) is 3.40. The molecule has 0 spiro atoms. The third-order valence-corrected chi connectivity index (χ3v) is 4.76. The molecule has 29 heavy (non-hydrogen) atoms. The normalized spacial score (nSPS) is 13.9. The number of anilines is 1. The Bertz CT molecular complexity index is 1110. The second-order valence-corrected chi connectivity index (χ2v) is 6.64. The molecule has 0 aromatic heterocycles. The van der Waals surface area contributed by atoms with E-state index in [2.05, 4.69) is 0 Å². The number of amides is 2. The van der Waals surface area contributed by atoms with Gasteiger partial charge in [0.1, 0.15) is 11.9 Å². The monoisotopic (exact) mass is 389 g/mol. The average molecular weight is 389 g/mol. The average Bonchev–Trinajstić information content (AvgIpc) is 2.99. The van der Waals surface area contributed by atoms with Crippen molar-refractivity contribution in [3.63, 3.8) is 0 Å². The predicted octanol–water partition coefficient (Wildman–Crippen LogP) is 4.54. The molecule has 1 heterocycles. The number of ether oxygens (including phenoxy) is 1. The number of halogens is 1. The fourth-order valence-corrected chi connectivity index (χ4v) is 3.21. The maximum Gasteiger partial charge on any atom is 0.338 e. The number of benzene rings is 3. The number of rotatable bonds is 4. The van der Waals surface area contributed by atoms with Crippen LogP contribution in [0.2, 0.25) is 0 Å². The van der Waals surface area contributed by atoms with E-state index in [1.54, 1.807) is 6.92 Å². The highest BCUT2D eigenvalue weighted by molar-refractivity contribution is 6.34. The highest BCUT2D eigenvalue weighted by atomic mass is 19.1. The lowest BCUT2D eigenvalue weighted by Gasteiger charge is -2.14. The van der Waals surface area contributed by atoms with Crippen LogP contribution < -0.4 is 4.90 Å². The summed E-state index contributed by atoms with van der Waals surface area (Å²) in [6.07, 6.45) is -0.468. The molecule has 144 valence electrons. The summed E-state index contributed by atoms with van der Waals surface area (Å²) in [5.74, 6) is -2.15. The number of carbonyl (C=O) groups is 3. The van der Waals surface area contributed by atoms with E-state index in [0.717, 1.165) is 10.5 Å². The second-order valence-electron chi connectivity index (χ2n) is 6.64. The molecular formula is C23H16FNO4. The van der Waals surface area contributed by atoms with Crippen molar-refractivity contribution in [2.45, 2.75) is 13.0 Å². The van der Waals surface area contributed by atoms with Gasteiger partial charge < -0.3 is 4.74 Å². The first-order valence-corrected chi connectivity index (χ1v) is 9.00. The summed E-state index contributed by atoms with van der Waals surface area (Å²) in [6, 6.07) is 18.6. The van der Waals surface area contributed by atoms with E-state index >= 15 is 0 Å². The molecule has 1 aliphatic rings. The Kier molecular flexibility index (Phi) is 4.68. The maximum absolute atomic E-state index is 13.2. The standard InChI is InChI=1S/C23H16FNO4/c1-14(15-5-3-2-4-6-15)29-23(28)16-7-12-19-20(13-16)22(27)25(21(19)26)18-10-8-17(24)9-11-18/h2-14H,1H3/t14-/m0/s1. The van der Waals surface area contributed by atoms with Crippen LogP contribution in [0, 0.1) is 5.82 Å². The van der Waals surface area contributed by atoms with Crippen molar-refractivity contribution < 1.29 is 23.5 Å². The summed E-state index contributed by atoms with van der Waals surface area (Å²) in [6.45, 7) is 1.76. The van der Waals surface area contributed by atoms with Crippen LogP contribution in [-0.2, 0) is 4.74 Å². The molecule has 0 saturated heterocycles. The minimum absolute atomic E-state index is 0.112. The van der Waals surface area contributed by atoms with Gasteiger partial charge in [0, 0.05) is 0 Å². The van der Waals surface area contributed by atoms with Crippen molar-refractivity contribution in [1.82, 2.24) is 0 Å². The lowest BCUT2D eigenvalue weighted by atomic mass is 10.1. The van der Waals surface area contributed by atoms with Gasteiger partial charge in [-0.15, -0.1) is 0 Å². The topological polar surface area (TPSA) is 63.7 Å². The molecular weight excluding hydrogens is 373 g/mol. The summed E-state index contributed by atoms with van der Waals surface area (Å²) in [5.41, 5.74) is 1.58. The number of hydrogen-bond acceptors (Lipinski definition) is 4. The first-order valence-electron chi connectivity index (χ1n) is 9.00. The number of nitrogens with zero attached hydrogens (tertiary/aromatic N) is 1. The first kappa shape index (κ1) is 18.6. The van der Waals surface area contributed by atoms with E-state index in [9.17, 15) is 18.8 Å². The molecule has 0 saturated carbocycles. The summed E-state index contributed by atoms with van der Waals surface area (Å²) < 4.78 is 18.6. The second kappa shape index (κ2) is 7.31. The molecule has 6 heteroatoms. The fourth-order valence-electron chi connectivity index (χ4n) is 3.21. The number of esters is 1. The van der Waals surface area contributed by atoms with Crippen LogP contribution in [0.5, 0.6) is 0 Å². The summed E-state index contributed by atoms with van der Waals surface area (Å²) in [4.78, 5) is 38.9. The first-order chi connectivity index (χ1) is 14.0. The molecule has 1 aliphatic heterocycles. The number of fused-ring (bicyclic) bond motifs is 1. The van der Waals surface area contributed by atoms with E-state index in [1.165, 1.54) is 42.5 Å². The number of carbonyl (C=O) groups excluding carboxylic acids is 3. The number of hydrogen-bond donors (Lipinski definition) is 0. The van der Waals surface area contributed by atoms with Crippen molar-refractivity contribution >= 4 is 23.5 Å². The van der Waals surface area contributed by atoms with Gasteiger partial charge in [-0.3, -0.25) is 9.59 Å². The van der Waals surface area contributed by atoms with Gasteiger partial charge in [-0.25, -0.2) is 14.1 Å². The van der Waals surface area contributed by atoms with Crippen LogP contribution in [0.1, 0.15) is 49.7 Å². The van der Waals surface area contributed by atoms with Gasteiger partial charge in [0.15, 0.2) is 0 Å². The van der Waals surface area contributed by atoms with E-state index in [1.807, 2.05) is 30.3 Å². The van der Waals surface area contributed by atoms with E-state index in [0.29, 0.717) is 0 Å². The molecule has 0 N–H and O–H groups in total. The molecule has 5 nitrogen and oxygen atoms in total. The Hall–Kier alpha value is -3.80. The fraction of sp³-hybridized carbons (Fsp3) is 0.0870. The molecule has 1 atom stereocenters. The molecule has 2 amide bonds. The lowest BCUT2D eigenvalue weighted by molar-refractivity contribution is 0.0337. The Balaban J connectivity index is 1.58. The summed E-state index contributed by atoms with van der Waals surface area (Å²) in [5, 5.41) is 0. The van der Waals surface area contributed by atoms with Gasteiger partial charge in [0.25, 0.3) is 11.8 Å². The predicted molar refractivity (Wildman–Crippen MR) is 104 cm³/mol. The smallest absolute Gasteiger partial charge is 0.338 e. The van der Waals surface area contributed by atoms with Gasteiger partial charge >= 0.3 is 5.97 Å². The quantitative estimate of drug-likeness (QED) is 0.485. The SMILES string of the molecule is C[C@H](OC(=O)c1ccc2c(c1)C(=O)N(c1ccc(F)cc1)C2=O)c1ccccc1. The Morgan fingerprint density at radius 3 is 2.24 bits per heavy atom. The van der Waals surface area contributed by atoms with Crippen molar-refractivity contribution in [2.75, 3.05) is 4.90 Å². The highest BCUT2D eigenvalue weighted by Gasteiger charge is 2.37. The van der Waals surface area contributed by atoms with Crippen LogP contribution in [0.15, 0.2) is 72.8 Å². The summed E-state index contributed by atoms with van der Waals surface area (Å²) >= 11 is 0. The van der Waals surface area contributed by atoms with E-state index < -0.39 is 29.7 Å². The van der Waals surface area contributed by atoms with Gasteiger partial charge in [-0.05, 0) is 55.0 Å². The zero-order chi connectivity index (χ0) is 20.5. The van der Waals surface area contributed by atoms with Crippen molar-refractivity contribution in [2.24, 2.45) is 0 Å². The minimum atomic E-state index is -0.593. The number of imide groups is 1. The molecule has 0 fully saturated rings. The maximum atomic E-state index is 13.2. The lowest BCUT2D eigenvalue weighted by Crippen LogP contribution is -2.29. The molecule has 4 rings (SSSR count). The third-order valence-electron chi connectivity index (χ3n) is 4.76. The Labute approximate surface area is 166 Å². The van der Waals surface area contributed by atoms with Gasteiger partial charge in [0.05, 0.1) is 22.4 Å². The van der Waals surface area contributed by atoms with Crippen LogP contribution >= 0.6 is 0 Å². The van der Waals surface area contributed by atoms with Gasteiger partial charge in [-0.2, -0.15) is 0 Å². The Morgan fingerprint density at radius 2 is 1.55 bits per heavy atom. The van der Waals surface area contributed by atoms with Gasteiger partial charge in [-0.1, -0.05) is 30.3 Å². The van der Waals surface area contributed by atoms with Crippen molar-refractivity contribution in [3.8, 4) is 0 Å². The highest BCUT2D eigenvalue weighted by Crippen LogP contribution is 2.30. The van der Waals surface area contributed by atoms with Crippen molar-refractivity contribution in [3.05, 3.63) is 101 Å². The molecule has 0 radical (unpaired) electrons. The van der Waals surface area contributed by atoms with Crippen LogP contribution in [0.4, 0.5) is 10.1 Å². The molecule has 3 aromatic rings. The van der Waals surface area contributed by atoms with E-state index in [-0.39, 0.29) is 22.4 Å². The van der Waals surface area contributed by atoms with Crippen LogP contribution in [-0.4, -0.2) is 17.8 Å².